The first-order chi connectivity index (χ1) is 11.4. The fourth-order valence-electron chi connectivity index (χ4n) is 2.21. The molecule has 1 aliphatic carbocycles. The summed E-state index contributed by atoms with van der Waals surface area (Å²) in [6, 6.07) is 0. The lowest BCUT2D eigenvalue weighted by molar-refractivity contribution is -0.122. The highest BCUT2D eigenvalue weighted by Crippen LogP contribution is 2.46. The molecule has 0 atom stereocenters. The highest BCUT2D eigenvalue weighted by atomic mass is 16.2. The topological polar surface area (TPSA) is 97.3 Å². The summed E-state index contributed by atoms with van der Waals surface area (Å²) in [5, 5.41) is 16.4. The summed E-state index contributed by atoms with van der Waals surface area (Å²) < 4.78 is 0. The molecule has 1 fully saturated rings. The van der Waals surface area contributed by atoms with Crippen LogP contribution in [-0.4, -0.2) is 40.3 Å². The third kappa shape index (κ3) is 5.37. The number of nitrogens with one attached hydrogen (secondary N) is 2. The molecule has 1 amide bonds. The fourth-order valence-corrected chi connectivity index (χ4v) is 2.21. The first-order valence-corrected chi connectivity index (χ1v) is 8.31. The Bertz CT molecular complexity index is 546. The van der Waals surface area contributed by atoms with Crippen molar-refractivity contribution in [2.45, 2.75) is 39.5 Å². The Morgan fingerprint density at radius 1 is 1.29 bits per heavy atom. The number of hydrogen-bond donors (Lipinski definition) is 3. The number of nitrogens with zero attached hydrogens (tertiary/aromatic N) is 2. The molecule has 0 aromatic carbocycles. The van der Waals surface area contributed by atoms with Gasteiger partial charge in [0.2, 0.25) is 0 Å². The van der Waals surface area contributed by atoms with Gasteiger partial charge in [0.05, 0.1) is 6.54 Å². The number of amidine groups is 1. The van der Waals surface area contributed by atoms with Crippen LogP contribution in [0.2, 0.25) is 0 Å². The fraction of sp³-hybridized carbons (Fsp3) is 0.500. The minimum Gasteiger partial charge on any atom is -0.405 e. The molecule has 0 heterocycles. The lowest BCUT2D eigenvalue weighted by Gasteiger charge is -2.26. The molecule has 0 radical (unpaired) electrons. The normalized spacial score (nSPS) is 15.4. The molecule has 24 heavy (non-hydrogen) atoms. The molecule has 0 aromatic rings. The largest absolute Gasteiger partial charge is 0.405 e. The molecule has 0 bridgehead atoms. The molecule has 0 aliphatic heterocycles. The van der Waals surface area contributed by atoms with Crippen LogP contribution in [0.1, 0.15) is 39.5 Å². The van der Waals surface area contributed by atoms with Gasteiger partial charge in [-0.05, 0) is 43.8 Å². The van der Waals surface area contributed by atoms with Gasteiger partial charge in [0.25, 0.3) is 5.91 Å². The van der Waals surface area contributed by atoms with Gasteiger partial charge in [-0.3, -0.25) is 15.6 Å². The highest BCUT2D eigenvalue weighted by Gasteiger charge is 2.44. The van der Waals surface area contributed by atoms with Gasteiger partial charge in [0.15, 0.2) is 0 Å². The van der Waals surface area contributed by atoms with Gasteiger partial charge >= 0.3 is 0 Å². The van der Waals surface area contributed by atoms with E-state index in [9.17, 15) is 4.79 Å². The second-order valence-electron chi connectivity index (χ2n) is 6.28. The molecular formula is C18H29N5O. The number of hydrogen-bond acceptors (Lipinski definition) is 4. The van der Waals surface area contributed by atoms with Crippen LogP contribution in [0.4, 0.5) is 0 Å². The Morgan fingerprint density at radius 2 is 1.96 bits per heavy atom. The number of amides is 1. The van der Waals surface area contributed by atoms with E-state index < -0.39 is 0 Å². The van der Waals surface area contributed by atoms with Crippen molar-refractivity contribution in [1.82, 2.24) is 9.80 Å². The summed E-state index contributed by atoms with van der Waals surface area (Å²) in [5.41, 5.74) is 5.11. The summed E-state index contributed by atoms with van der Waals surface area (Å²) in [5.74, 6) is 0.0717. The number of carbonyl (C=O) groups is 1. The molecule has 1 saturated carbocycles. The number of rotatable bonds is 10. The van der Waals surface area contributed by atoms with Crippen LogP contribution in [0.5, 0.6) is 0 Å². The lowest BCUT2D eigenvalue weighted by atomic mass is 10.1. The second kappa shape index (κ2) is 9.05. The predicted octanol–water partition coefficient (Wildman–Crippen LogP) is 2.84. The zero-order chi connectivity index (χ0) is 18.2. The van der Waals surface area contributed by atoms with Gasteiger partial charge in [-0.1, -0.05) is 26.8 Å². The van der Waals surface area contributed by atoms with Crippen molar-refractivity contribution in [2.75, 3.05) is 13.1 Å². The van der Waals surface area contributed by atoms with E-state index in [0.29, 0.717) is 12.4 Å². The van der Waals surface area contributed by atoms with Crippen LogP contribution in [0.3, 0.4) is 0 Å². The molecule has 6 heteroatoms. The number of nitrogens with two attached hydrogens (primary N) is 1. The van der Waals surface area contributed by atoms with E-state index in [2.05, 4.69) is 13.5 Å². The van der Waals surface area contributed by atoms with Crippen LogP contribution in [0, 0.1) is 16.2 Å². The van der Waals surface area contributed by atoms with Gasteiger partial charge in [-0.25, -0.2) is 0 Å². The SMILES string of the molecule is C=CN(CC(=N)C(=O)N(/C=C/C=C\N)CCCC)C(=N)C1(C)CC1. The summed E-state index contributed by atoms with van der Waals surface area (Å²) >= 11 is 0. The Labute approximate surface area is 144 Å². The smallest absolute Gasteiger partial charge is 0.273 e. The van der Waals surface area contributed by atoms with Gasteiger partial charge in [0.1, 0.15) is 11.5 Å². The molecular weight excluding hydrogens is 302 g/mol. The minimum atomic E-state index is -0.356. The number of allylic oxidation sites excluding steroid dienone is 2. The van der Waals surface area contributed by atoms with Crippen molar-refractivity contribution in [3.05, 3.63) is 37.3 Å². The van der Waals surface area contributed by atoms with E-state index >= 15 is 0 Å². The molecule has 6 nitrogen and oxygen atoms in total. The van der Waals surface area contributed by atoms with E-state index in [-0.39, 0.29) is 23.6 Å². The maximum Gasteiger partial charge on any atom is 0.273 e. The van der Waals surface area contributed by atoms with E-state index in [0.717, 1.165) is 25.7 Å². The van der Waals surface area contributed by atoms with Crippen molar-refractivity contribution in [1.29, 1.82) is 10.8 Å². The van der Waals surface area contributed by atoms with Crippen molar-refractivity contribution in [2.24, 2.45) is 11.1 Å². The van der Waals surface area contributed by atoms with Crippen LogP contribution in [-0.2, 0) is 4.79 Å². The van der Waals surface area contributed by atoms with Crippen LogP contribution >= 0.6 is 0 Å². The van der Waals surface area contributed by atoms with E-state index in [4.69, 9.17) is 16.6 Å². The summed E-state index contributed by atoms with van der Waals surface area (Å²) in [6.07, 6.45) is 11.6. The lowest BCUT2D eigenvalue weighted by Crippen LogP contribution is -2.41. The van der Waals surface area contributed by atoms with Gasteiger partial charge in [0, 0.05) is 18.2 Å². The van der Waals surface area contributed by atoms with Crippen molar-refractivity contribution in [3.63, 3.8) is 0 Å². The third-order valence-electron chi connectivity index (χ3n) is 4.17. The average Bonchev–Trinajstić information content (AvgIpc) is 3.33. The average molecular weight is 331 g/mol. The third-order valence-corrected chi connectivity index (χ3v) is 4.17. The summed E-state index contributed by atoms with van der Waals surface area (Å²) in [7, 11) is 0. The van der Waals surface area contributed by atoms with Crippen molar-refractivity contribution >= 4 is 17.5 Å². The molecule has 132 valence electrons. The van der Waals surface area contributed by atoms with Crippen LogP contribution in [0.15, 0.2) is 37.3 Å². The van der Waals surface area contributed by atoms with Crippen molar-refractivity contribution in [3.8, 4) is 0 Å². The zero-order valence-electron chi connectivity index (χ0n) is 14.7. The minimum absolute atomic E-state index is 0.0543. The van der Waals surface area contributed by atoms with E-state index in [1.807, 2.05) is 6.92 Å². The molecule has 4 N–H and O–H groups in total. The quantitative estimate of drug-likeness (QED) is 0.326. The molecule has 0 aromatic heterocycles. The van der Waals surface area contributed by atoms with Gasteiger partial charge in [-0.15, -0.1) is 0 Å². The molecule has 0 saturated heterocycles. The second-order valence-corrected chi connectivity index (χ2v) is 6.28. The Kier molecular flexibility index (Phi) is 7.42. The summed E-state index contributed by atoms with van der Waals surface area (Å²) in [4.78, 5) is 15.7. The zero-order valence-corrected chi connectivity index (χ0v) is 14.7. The molecule has 0 unspecified atom stereocenters. The monoisotopic (exact) mass is 331 g/mol. The maximum atomic E-state index is 12.5. The standard InChI is InChI=1S/C18H29N5O/c1-4-6-12-23(13-8-7-11-19)16(24)15(20)14-22(5-2)17(21)18(3)9-10-18/h5,7-8,11,13,20-21H,2,4,6,9-10,12,14,19H2,1,3H3/b11-7-,13-8+,20-15?,21-17?. The summed E-state index contributed by atoms with van der Waals surface area (Å²) in [6.45, 7) is 8.41. The highest BCUT2D eigenvalue weighted by molar-refractivity contribution is 6.38. The molecule has 0 spiro atoms. The Hall–Kier alpha value is -2.37. The van der Waals surface area contributed by atoms with Crippen LogP contribution < -0.4 is 5.73 Å². The van der Waals surface area contributed by atoms with Gasteiger partial charge < -0.3 is 15.5 Å². The number of unbranched alkanes of at least 4 members (excludes halogenated alkanes) is 1. The first-order valence-electron chi connectivity index (χ1n) is 8.31. The Balaban J connectivity index is 2.75. The van der Waals surface area contributed by atoms with E-state index in [1.165, 1.54) is 17.3 Å². The van der Waals surface area contributed by atoms with E-state index in [1.54, 1.807) is 23.3 Å². The van der Waals surface area contributed by atoms with Crippen LogP contribution in [0.25, 0.3) is 0 Å². The predicted molar refractivity (Wildman–Crippen MR) is 98.8 cm³/mol. The maximum absolute atomic E-state index is 12.5. The van der Waals surface area contributed by atoms with Crippen molar-refractivity contribution < 1.29 is 4.79 Å². The first kappa shape index (κ1) is 19.7. The molecule has 1 aliphatic rings. The number of carbonyl (C=O) groups excluding carboxylic acids is 1. The Morgan fingerprint density at radius 3 is 2.46 bits per heavy atom. The van der Waals surface area contributed by atoms with Gasteiger partial charge in [-0.2, -0.15) is 0 Å². The molecule has 1 rings (SSSR count).